The number of piperidine rings is 1. The molecule has 1 aromatic heterocycles. The van der Waals surface area contributed by atoms with Crippen molar-refractivity contribution in [2.24, 2.45) is 5.92 Å². The number of nitrogens with zero attached hydrogens (tertiary/aromatic N) is 3. The van der Waals surface area contributed by atoms with Crippen LogP contribution in [-0.4, -0.2) is 54.3 Å². The van der Waals surface area contributed by atoms with E-state index in [1.165, 1.54) is 10.6 Å². The van der Waals surface area contributed by atoms with Gasteiger partial charge in [0.1, 0.15) is 0 Å². The smallest absolute Gasteiger partial charge is 0.224 e. The van der Waals surface area contributed by atoms with E-state index in [1.807, 2.05) is 41.2 Å². The number of rotatable bonds is 6. The number of hydrogen-bond acceptors (Lipinski definition) is 4. The topological polar surface area (TPSA) is 84.3 Å². The summed E-state index contributed by atoms with van der Waals surface area (Å²) >= 11 is 0. The van der Waals surface area contributed by atoms with Gasteiger partial charge in [-0.15, -0.1) is 0 Å². The molecule has 1 aliphatic rings. The molecule has 0 spiro atoms. The lowest BCUT2D eigenvalue weighted by atomic mass is 9.99. The van der Waals surface area contributed by atoms with Crippen LogP contribution in [-0.2, 0) is 21.2 Å². The molecule has 1 aliphatic heterocycles. The largest absolute Gasteiger partial charge is 0.355 e. The molecule has 1 atom stereocenters. The van der Waals surface area contributed by atoms with Crippen LogP contribution in [0, 0.1) is 5.92 Å². The number of benzene rings is 1. The first-order valence-corrected chi connectivity index (χ1v) is 10.6. The summed E-state index contributed by atoms with van der Waals surface area (Å²) in [5, 5.41) is 7.27. The van der Waals surface area contributed by atoms with Crippen molar-refractivity contribution >= 4 is 15.9 Å². The third-order valence-corrected chi connectivity index (χ3v) is 5.86. The van der Waals surface area contributed by atoms with Crippen LogP contribution in [0.5, 0.6) is 0 Å². The molecule has 1 saturated heterocycles. The number of hydrogen-bond donors (Lipinski definition) is 1. The van der Waals surface area contributed by atoms with Gasteiger partial charge in [0.05, 0.1) is 24.1 Å². The summed E-state index contributed by atoms with van der Waals surface area (Å²) in [6, 6.07) is 9.84. The maximum atomic E-state index is 12.3. The Labute approximate surface area is 154 Å². The van der Waals surface area contributed by atoms with Crippen LogP contribution in [0.25, 0.3) is 5.69 Å². The third kappa shape index (κ3) is 4.70. The van der Waals surface area contributed by atoms with Crippen LogP contribution in [0.4, 0.5) is 0 Å². The molecule has 26 heavy (non-hydrogen) atoms. The van der Waals surface area contributed by atoms with Crippen LogP contribution in [0.1, 0.15) is 18.4 Å². The second-order valence-electron chi connectivity index (χ2n) is 6.63. The van der Waals surface area contributed by atoms with Crippen LogP contribution in [0.3, 0.4) is 0 Å². The van der Waals surface area contributed by atoms with Gasteiger partial charge in [0, 0.05) is 25.8 Å². The Kier molecular flexibility index (Phi) is 5.73. The predicted octanol–water partition coefficient (Wildman–Crippen LogP) is 1.20. The number of nitrogens with one attached hydrogen (secondary N) is 1. The van der Waals surface area contributed by atoms with Crippen molar-refractivity contribution in [1.29, 1.82) is 0 Å². The SMILES string of the molecule is CS(=O)(=O)N1CCCC(C(=O)NCCc2cnn(-c3ccccc3)c2)C1. The van der Waals surface area contributed by atoms with Crippen LogP contribution in [0.15, 0.2) is 42.7 Å². The highest BCUT2D eigenvalue weighted by atomic mass is 32.2. The van der Waals surface area contributed by atoms with Crippen molar-refractivity contribution in [3.63, 3.8) is 0 Å². The highest BCUT2D eigenvalue weighted by Gasteiger charge is 2.29. The summed E-state index contributed by atoms with van der Waals surface area (Å²) in [4.78, 5) is 12.3. The minimum atomic E-state index is -3.24. The minimum absolute atomic E-state index is 0.0752. The van der Waals surface area contributed by atoms with E-state index in [1.54, 1.807) is 6.20 Å². The molecule has 2 aromatic rings. The Morgan fingerprint density at radius 1 is 1.31 bits per heavy atom. The van der Waals surface area contributed by atoms with Crippen molar-refractivity contribution in [2.45, 2.75) is 19.3 Å². The molecule has 0 radical (unpaired) electrons. The number of amides is 1. The van der Waals surface area contributed by atoms with E-state index in [0.29, 0.717) is 19.5 Å². The van der Waals surface area contributed by atoms with E-state index in [-0.39, 0.29) is 18.4 Å². The lowest BCUT2D eigenvalue weighted by Gasteiger charge is -2.30. The van der Waals surface area contributed by atoms with Crippen molar-refractivity contribution in [1.82, 2.24) is 19.4 Å². The fourth-order valence-corrected chi connectivity index (χ4v) is 4.05. The molecule has 7 nitrogen and oxygen atoms in total. The summed E-state index contributed by atoms with van der Waals surface area (Å²) in [7, 11) is -3.24. The minimum Gasteiger partial charge on any atom is -0.355 e. The van der Waals surface area contributed by atoms with Gasteiger partial charge in [0.25, 0.3) is 0 Å². The van der Waals surface area contributed by atoms with E-state index < -0.39 is 10.0 Å². The fourth-order valence-electron chi connectivity index (χ4n) is 3.14. The maximum Gasteiger partial charge on any atom is 0.224 e. The lowest BCUT2D eigenvalue weighted by molar-refractivity contribution is -0.126. The third-order valence-electron chi connectivity index (χ3n) is 4.59. The molecule has 1 fully saturated rings. The second kappa shape index (κ2) is 8.01. The van der Waals surface area contributed by atoms with Gasteiger partial charge in [-0.05, 0) is 37.0 Å². The molecule has 140 valence electrons. The lowest BCUT2D eigenvalue weighted by Crippen LogP contribution is -2.45. The molecular weight excluding hydrogens is 352 g/mol. The van der Waals surface area contributed by atoms with Gasteiger partial charge in [-0.3, -0.25) is 4.79 Å². The maximum absolute atomic E-state index is 12.3. The average Bonchev–Trinajstić information content (AvgIpc) is 3.11. The van der Waals surface area contributed by atoms with Crippen molar-refractivity contribution < 1.29 is 13.2 Å². The molecule has 0 aliphatic carbocycles. The van der Waals surface area contributed by atoms with Gasteiger partial charge in [0.15, 0.2) is 0 Å². The molecule has 2 heterocycles. The zero-order valence-electron chi connectivity index (χ0n) is 14.8. The first-order chi connectivity index (χ1) is 12.4. The first kappa shape index (κ1) is 18.6. The Hall–Kier alpha value is -2.19. The quantitative estimate of drug-likeness (QED) is 0.821. The van der Waals surface area contributed by atoms with Crippen LogP contribution < -0.4 is 5.32 Å². The van der Waals surface area contributed by atoms with Gasteiger partial charge in [-0.1, -0.05) is 18.2 Å². The number of sulfonamides is 1. The number of carbonyl (C=O) groups is 1. The first-order valence-electron chi connectivity index (χ1n) is 8.75. The molecule has 0 bridgehead atoms. The van der Waals surface area contributed by atoms with E-state index >= 15 is 0 Å². The van der Waals surface area contributed by atoms with Gasteiger partial charge in [-0.2, -0.15) is 5.10 Å². The summed E-state index contributed by atoms with van der Waals surface area (Å²) in [5.74, 6) is -0.348. The van der Waals surface area contributed by atoms with Crippen molar-refractivity contribution in [3.05, 3.63) is 48.3 Å². The summed E-state index contributed by atoms with van der Waals surface area (Å²) in [6.45, 7) is 1.28. The number of para-hydroxylation sites is 1. The van der Waals surface area contributed by atoms with Crippen LogP contribution >= 0.6 is 0 Å². The molecule has 3 rings (SSSR count). The van der Waals surface area contributed by atoms with Gasteiger partial charge < -0.3 is 5.32 Å². The summed E-state index contributed by atoms with van der Waals surface area (Å²) < 4.78 is 26.5. The second-order valence-corrected chi connectivity index (χ2v) is 8.61. The predicted molar refractivity (Wildman–Crippen MR) is 99.4 cm³/mol. The molecular formula is C18H24N4O3S. The molecule has 1 N–H and O–H groups in total. The van der Waals surface area contributed by atoms with Gasteiger partial charge in [-0.25, -0.2) is 17.4 Å². The standard InChI is InChI=1S/C18H24N4O3S/c1-26(24,25)21-11-5-6-16(14-21)18(23)19-10-9-15-12-20-22(13-15)17-7-3-2-4-8-17/h2-4,7-8,12-13,16H,5-6,9-11,14H2,1H3,(H,19,23). The normalized spacial score (nSPS) is 18.6. The Morgan fingerprint density at radius 2 is 2.08 bits per heavy atom. The number of aromatic nitrogens is 2. The summed E-state index contributed by atoms with van der Waals surface area (Å²) in [6.07, 6.45) is 7.07. The molecule has 8 heteroatoms. The van der Waals surface area contributed by atoms with E-state index in [2.05, 4.69) is 10.4 Å². The molecule has 0 saturated carbocycles. The van der Waals surface area contributed by atoms with Crippen molar-refractivity contribution in [3.8, 4) is 5.69 Å². The van der Waals surface area contributed by atoms with Crippen LogP contribution in [0.2, 0.25) is 0 Å². The fraction of sp³-hybridized carbons (Fsp3) is 0.444. The van der Waals surface area contributed by atoms with Gasteiger partial charge in [0.2, 0.25) is 15.9 Å². The monoisotopic (exact) mass is 376 g/mol. The molecule has 1 unspecified atom stereocenters. The Bertz CT molecular complexity index is 848. The Morgan fingerprint density at radius 3 is 2.81 bits per heavy atom. The molecule has 1 amide bonds. The number of carbonyl (C=O) groups excluding carboxylic acids is 1. The van der Waals surface area contributed by atoms with E-state index in [4.69, 9.17) is 0 Å². The van der Waals surface area contributed by atoms with E-state index in [0.717, 1.165) is 24.1 Å². The highest BCUT2D eigenvalue weighted by Crippen LogP contribution is 2.18. The van der Waals surface area contributed by atoms with Gasteiger partial charge >= 0.3 is 0 Å². The summed E-state index contributed by atoms with van der Waals surface area (Å²) in [5.41, 5.74) is 2.03. The van der Waals surface area contributed by atoms with Crippen molar-refractivity contribution in [2.75, 3.05) is 25.9 Å². The molecule has 1 aromatic carbocycles. The zero-order valence-corrected chi connectivity index (χ0v) is 15.7. The Balaban J connectivity index is 1.49. The zero-order chi connectivity index (χ0) is 18.6. The van der Waals surface area contributed by atoms with E-state index in [9.17, 15) is 13.2 Å². The highest BCUT2D eigenvalue weighted by molar-refractivity contribution is 7.88. The average molecular weight is 376 g/mol.